The van der Waals surface area contributed by atoms with Crippen molar-refractivity contribution in [1.29, 1.82) is 0 Å². The van der Waals surface area contributed by atoms with E-state index in [4.69, 9.17) is 10.5 Å². The van der Waals surface area contributed by atoms with Crippen LogP contribution in [0.5, 0.6) is 0 Å². The first-order chi connectivity index (χ1) is 11.5. The third kappa shape index (κ3) is 4.71. The summed E-state index contributed by atoms with van der Waals surface area (Å²) < 4.78 is 5.02. The number of benzene rings is 1. The Morgan fingerprint density at radius 3 is 2.67 bits per heavy atom. The summed E-state index contributed by atoms with van der Waals surface area (Å²) in [6, 6.07) is 5.24. The molecule has 6 nitrogen and oxygen atoms in total. The second-order valence-electron chi connectivity index (χ2n) is 6.12. The average Bonchev–Trinajstić information content (AvgIpc) is 2.94. The number of carbonyl (C=O) groups is 2. The highest BCUT2D eigenvalue weighted by molar-refractivity contribution is 5.98. The van der Waals surface area contributed by atoms with Gasteiger partial charge in [-0.3, -0.25) is 4.79 Å². The number of esters is 1. The molecule has 0 heterocycles. The van der Waals surface area contributed by atoms with Crippen LogP contribution >= 0.6 is 0 Å². The van der Waals surface area contributed by atoms with Crippen molar-refractivity contribution in [2.24, 2.45) is 11.7 Å². The molecule has 0 spiro atoms. The van der Waals surface area contributed by atoms with Crippen LogP contribution in [0, 0.1) is 5.92 Å². The predicted octanol–water partition coefficient (Wildman–Crippen LogP) is 2.75. The van der Waals surface area contributed by atoms with Gasteiger partial charge in [0.1, 0.15) is 0 Å². The first-order valence-corrected chi connectivity index (χ1v) is 8.65. The number of amides is 1. The van der Waals surface area contributed by atoms with Crippen LogP contribution in [0.15, 0.2) is 18.2 Å². The smallest absolute Gasteiger partial charge is 0.338 e. The maximum Gasteiger partial charge on any atom is 0.338 e. The lowest BCUT2D eigenvalue weighted by molar-refractivity contribution is -0.117. The maximum absolute atomic E-state index is 12.4. The minimum atomic E-state index is -0.395. The zero-order valence-electron chi connectivity index (χ0n) is 14.4. The van der Waals surface area contributed by atoms with E-state index in [0.29, 0.717) is 24.3 Å². The monoisotopic (exact) mass is 333 g/mol. The van der Waals surface area contributed by atoms with Crippen molar-refractivity contribution in [1.82, 2.24) is 0 Å². The first-order valence-electron chi connectivity index (χ1n) is 8.65. The minimum Gasteiger partial charge on any atom is -0.462 e. The number of nitrogens with two attached hydrogens (primary N) is 1. The minimum absolute atomic E-state index is 0.0717. The molecule has 2 atom stereocenters. The normalized spacial score (nSPS) is 19.8. The van der Waals surface area contributed by atoms with E-state index in [1.54, 1.807) is 25.1 Å². The molecule has 1 aliphatic rings. The molecule has 4 N–H and O–H groups in total. The fraction of sp³-hybridized carbons (Fsp3) is 0.556. The summed E-state index contributed by atoms with van der Waals surface area (Å²) in [6.45, 7) is 4.77. The molecule has 0 aromatic heterocycles. The summed E-state index contributed by atoms with van der Waals surface area (Å²) in [4.78, 5) is 24.3. The molecular weight excluding hydrogens is 306 g/mol. The Kier molecular flexibility index (Phi) is 6.61. The maximum atomic E-state index is 12.4. The van der Waals surface area contributed by atoms with Crippen molar-refractivity contribution in [3.63, 3.8) is 0 Å². The van der Waals surface area contributed by atoms with Crippen LogP contribution in [0.2, 0.25) is 0 Å². The molecule has 1 amide bonds. The molecule has 0 radical (unpaired) electrons. The van der Waals surface area contributed by atoms with E-state index < -0.39 is 5.97 Å². The summed E-state index contributed by atoms with van der Waals surface area (Å²) in [5.74, 6) is -0.229. The molecule has 0 aliphatic heterocycles. The molecular formula is C18H27N3O3. The van der Waals surface area contributed by atoms with Gasteiger partial charge in [0.25, 0.3) is 0 Å². The molecule has 6 heteroatoms. The van der Waals surface area contributed by atoms with Gasteiger partial charge in [0.2, 0.25) is 5.91 Å². The lowest BCUT2D eigenvalue weighted by Gasteiger charge is -2.17. The SMILES string of the molecule is CCNc1ccc(C(=O)OCC)cc1NC(=O)C[C@@H]1CCC[C@H]1N. The predicted molar refractivity (Wildman–Crippen MR) is 95.1 cm³/mol. The van der Waals surface area contributed by atoms with Crippen LogP contribution in [0.3, 0.4) is 0 Å². The van der Waals surface area contributed by atoms with Crippen LogP contribution < -0.4 is 16.4 Å². The topological polar surface area (TPSA) is 93.5 Å². The third-order valence-corrected chi connectivity index (χ3v) is 4.34. The van der Waals surface area contributed by atoms with Gasteiger partial charge in [-0.1, -0.05) is 6.42 Å². The Labute approximate surface area is 143 Å². The lowest BCUT2D eigenvalue weighted by Crippen LogP contribution is -2.28. The van der Waals surface area contributed by atoms with E-state index >= 15 is 0 Å². The number of hydrogen-bond donors (Lipinski definition) is 3. The zero-order valence-corrected chi connectivity index (χ0v) is 14.4. The largest absolute Gasteiger partial charge is 0.462 e. The Hall–Kier alpha value is -2.08. The summed E-state index contributed by atoms with van der Waals surface area (Å²) in [7, 11) is 0. The molecule has 1 fully saturated rings. The molecule has 1 aliphatic carbocycles. The molecule has 0 unspecified atom stereocenters. The molecule has 1 saturated carbocycles. The number of ether oxygens (including phenoxy) is 1. The van der Waals surface area contributed by atoms with Gasteiger partial charge in [0.05, 0.1) is 23.5 Å². The Balaban J connectivity index is 2.11. The second-order valence-corrected chi connectivity index (χ2v) is 6.12. The van der Waals surface area contributed by atoms with Crippen LogP contribution in [0.1, 0.15) is 49.9 Å². The number of nitrogens with one attached hydrogen (secondary N) is 2. The van der Waals surface area contributed by atoms with Crippen LogP contribution in [-0.2, 0) is 9.53 Å². The highest BCUT2D eigenvalue weighted by Crippen LogP contribution is 2.28. The van der Waals surface area contributed by atoms with Gasteiger partial charge in [-0.15, -0.1) is 0 Å². The van der Waals surface area contributed by atoms with Crippen LogP contribution in [0.4, 0.5) is 11.4 Å². The van der Waals surface area contributed by atoms with E-state index in [1.807, 2.05) is 6.92 Å². The fourth-order valence-electron chi connectivity index (χ4n) is 3.09. The van der Waals surface area contributed by atoms with Crippen molar-refractivity contribution in [2.45, 2.75) is 45.6 Å². The Morgan fingerprint density at radius 2 is 2.04 bits per heavy atom. The van der Waals surface area contributed by atoms with Gasteiger partial charge >= 0.3 is 5.97 Å². The van der Waals surface area contributed by atoms with Gasteiger partial charge in [0.15, 0.2) is 0 Å². The van der Waals surface area contributed by atoms with Crippen molar-refractivity contribution in [3.8, 4) is 0 Å². The Bertz CT molecular complexity index is 589. The van der Waals surface area contributed by atoms with Gasteiger partial charge < -0.3 is 21.1 Å². The van der Waals surface area contributed by atoms with E-state index in [1.165, 1.54) is 0 Å². The molecule has 1 aromatic rings. The molecule has 1 aromatic carbocycles. The quantitative estimate of drug-likeness (QED) is 0.667. The van der Waals surface area contributed by atoms with Gasteiger partial charge in [0, 0.05) is 19.0 Å². The van der Waals surface area contributed by atoms with Crippen molar-refractivity contribution < 1.29 is 14.3 Å². The fourth-order valence-corrected chi connectivity index (χ4v) is 3.09. The van der Waals surface area contributed by atoms with Crippen LogP contribution in [-0.4, -0.2) is 31.1 Å². The zero-order chi connectivity index (χ0) is 17.5. The number of hydrogen-bond acceptors (Lipinski definition) is 5. The van der Waals surface area contributed by atoms with Gasteiger partial charge in [-0.05, 0) is 50.8 Å². The highest BCUT2D eigenvalue weighted by atomic mass is 16.5. The number of carbonyl (C=O) groups excluding carboxylic acids is 2. The van der Waals surface area contributed by atoms with Crippen molar-refractivity contribution in [2.75, 3.05) is 23.8 Å². The molecule has 24 heavy (non-hydrogen) atoms. The Morgan fingerprint density at radius 1 is 1.25 bits per heavy atom. The summed E-state index contributed by atoms with van der Waals surface area (Å²) in [5.41, 5.74) is 7.85. The molecule has 0 bridgehead atoms. The molecule has 132 valence electrons. The number of anilines is 2. The van der Waals surface area contributed by atoms with Gasteiger partial charge in [-0.25, -0.2) is 4.79 Å². The summed E-state index contributed by atoms with van der Waals surface area (Å²) in [6.07, 6.45) is 3.48. The summed E-state index contributed by atoms with van der Waals surface area (Å²) in [5, 5.41) is 6.11. The second kappa shape index (κ2) is 8.68. The molecule has 0 saturated heterocycles. The lowest BCUT2D eigenvalue weighted by atomic mass is 10.00. The highest BCUT2D eigenvalue weighted by Gasteiger charge is 2.26. The third-order valence-electron chi connectivity index (χ3n) is 4.34. The van der Waals surface area contributed by atoms with E-state index in [9.17, 15) is 9.59 Å². The standard InChI is InChI=1S/C18H27N3O3/c1-3-20-15-9-8-13(18(23)24-4-2)10-16(15)21-17(22)11-12-6-5-7-14(12)19/h8-10,12,14,20H,3-7,11,19H2,1-2H3,(H,21,22)/t12-,14+/m0/s1. The van der Waals surface area contributed by atoms with E-state index in [-0.39, 0.29) is 17.9 Å². The van der Waals surface area contributed by atoms with Crippen molar-refractivity contribution in [3.05, 3.63) is 23.8 Å². The van der Waals surface area contributed by atoms with Crippen molar-refractivity contribution >= 4 is 23.3 Å². The van der Waals surface area contributed by atoms with E-state index in [0.717, 1.165) is 31.5 Å². The first kappa shape index (κ1) is 18.3. The van der Waals surface area contributed by atoms with Gasteiger partial charge in [-0.2, -0.15) is 0 Å². The summed E-state index contributed by atoms with van der Waals surface area (Å²) >= 11 is 0. The molecule has 2 rings (SSSR count). The van der Waals surface area contributed by atoms with E-state index in [2.05, 4.69) is 10.6 Å². The average molecular weight is 333 g/mol. The van der Waals surface area contributed by atoms with Crippen LogP contribution in [0.25, 0.3) is 0 Å². The number of rotatable bonds is 7.